The zero-order chi connectivity index (χ0) is 13.5. The summed E-state index contributed by atoms with van der Waals surface area (Å²) in [4.78, 5) is 13.5. The summed E-state index contributed by atoms with van der Waals surface area (Å²) < 4.78 is 10.0. The number of nitrogens with one attached hydrogen (secondary N) is 1. The molecule has 102 valence electrons. The maximum absolute atomic E-state index is 11.2. The van der Waals surface area contributed by atoms with Crippen LogP contribution in [-0.2, 0) is 4.74 Å². The van der Waals surface area contributed by atoms with E-state index < -0.39 is 5.97 Å². The Bertz CT molecular complexity index is 376. The largest absolute Gasteiger partial charge is 0.463 e. The van der Waals surface area contributed by atoms with Crippen molar-refractivity contribution in [2.24, 2.45) is 0 Å². The zero-order valence-electron chi connectivity index (χ0n) is 11.5. The van der Waals surface area contributed by atoms with Crippen molar-refractivity contribution in [3.63, 3.8) is 0 Å². The fraction of sp³-hybridized carbons (Fsp3) is 0.615. The van der Waals surface area contributed by atoms with E-state index in [0.29, 0.717) is 0 Å². The van der Waals surface area contributed by atoms with E-state index in [-0.39, 0.29) is 11.8 Å². The third-order valence-corrected chi connectivity index (χ3v) is 2.92. The molecule has 5 heteroatoms. The van der Waals surface area contributed by atoms with Gasteiger partial charge in [0.15, 0.2) is 0 Å². The molecule has 0 amide bonds. The summed E-state index contributed by atoms with van der Waals surface area (Å²) in [5.41, 5.74) is 0. The van der Waals surface area contributed by atoms with Gasteiger partial charge in [-0.2, -0.15) is 0 Å². The van der Waals surface area contributed by atoms with Crippen LogP contribution in [0.4, 0.5) is 0 Å². The Balaban J connectivity index is 2.44. The van der Waals surface area contributed by atoms with Gasteiger partial charge in [-0.05, 0) is 32.6 Å². The van der Waals surface area contributed by atoms with Crippen LogP contribution in [-0.4, -0.2) is 44.7 Å². The number of hydrogen-bond donors (Lipinski definition) is 1. The minimum atomic E-state index is -0.445. The summed E-state index contributed by atoms with van der Waals surface area (Å²) in [6.45, 7) is 7.01. The smallest absolute Gasteiger partial charge is 0.373 e. The highest BCUT2D eigenvalue weighted by molar-refractivity contribution is 5.86. The maximum Gasteiger partial charge on any atom is 0.373 e. The van der Waals surface area contributed by atoms with E-state index in [9.17, 15) is 4.79 Å². The monoisotopic (exact) mass is 254 g/mol. The van der Waals surface area contributed by atoms with Crippen LogP contribution in [0.1, 0.15) is 36.2 Å². The molecule has 0 spiro atoms. The lowest BCUT2D eigenvalue weighted by atomic mass is 10.2. The fourth-order valence-electron chi connectivity index (χ4n) is 1.53. The van der Waals surface area contributed by atoms with Gasteiger partial charge in [-0.15, -0.1) is 0 Å². The van der Waals surface area contributed by atoms with Gasteiger partial charge in [0.2, 0.25) is 5.76 Å². The number of rotatable bonds is 7. The quantitative estimate of drug-likeness (QED) is 0.750. The molecule has 1 unspecified atom stereocenters. The normalized spacial score (nSPS) is 12.7. The molecular weight excluding hydrogens is 232 g/mol. The van der Waals surface area contributed by atoms with E-state index in [0.717, 1.165) is 25.4 Å². The Kier molecular flexibility index (Phi) is 5.88. The lowest BCUT2D eigenvalue weighted by Gasteiger charge is -2.16. The first-order valence-electron chi connectivity index (χ1n) is 6.18. The highest BCUT2D eigenvalue weighted by atomic mass is 16.5. The molecule has 0 radical (unpaired) electrons. The van der Waals surface area contributed by atoms with E-state index in [1.165, 1.54) is 7.11 Å². The number of hydrogen-bond acceptors (Lipinski definition) is 5. The number of nitrogens with zero attached hydrogens (tertiary/aromatic N) is 1. The molecule has 1 N–H and O–H groups in total. The number of ether oxygens (including phenoxy) is 1. The van der Waals surface area contributed by atoms with Crippen molar-refractivity contribution < 1.29 is 13.9 Å². The molecule has 0 aromatic carbocycles. The third kappa shape index (κ3) is 4.16. The molecule has 0 aliphatic heterocycles. The van der Waals surface area contributed by atoms with Gasteiger partial charge in [-0.1, -0.05) is 6.92 Å². The number of methoxy groups -OCH3 is 1. The van der Waals surface area contributed by atoms with Crippen molar-refractivity contribution >= 4 is 5.97 Å². The zero-order valence-corrected chi connectivity index (χ0v) is 11.5. The molecule has 18 heavy (non-hydrogen) atoms. The predicted octanol–water partition coefficient (Wildman–Crippen LogP) is 1.67. The lowest BCUT2D eigenvalue weighted by molar-refractivity contribution is 0.0562. The van der Waals surface area contributed by atoms with Gasteiger partial charge in [0.1, 0.15) is 5.76 Å². The summed E-state index contributed by atoms with van der Waals surface area (Å²) in [5, 5.41) is 3.35. The number of carbonyl (C=O) groups is 1. The van der Waals surface area contributed by atoms with Crippen molar-refractivity contribution in [2.75, 3.05) is 33.8 Å². The first kappa shape index (κ1) is 14.7. The second-order valence-corrected chi connectivity index (χ2v) is 4.27. The second-order valence-electron chi connectivity index (χ2n) is 4.27. The van der Waals surface area contributed by atoms with Gasteiger partial charge in [-0.25, -0.2) is 4.79 Å². The van der Waals surface area contributed by atoms with Crippen LogP contribution < -0.4 is 5.32 Å². The third-order valence-electron chi connectivity index (χ3n) is 2.92. The fourth-order valence-corrected chi connectivity index (χ4v) is 1.53. The van der Waals surface area contributed by atoms with Crippen molar-refractivity contribution in [2.45, 2.75) is 19.9 Å². The van der Waals surface area contributed by atoms with E-state index in [1.54, 1.807) is 12.1 Å². The van der Waals surface area contributed by atoms with E-state index >= 15 is 0 Å². The summed E-state index contributed by atoms with van der Waals surface area (Å²) >= 11 is 0. The molecule has 5 nitrogen and oxygen atoms in total. The van der Waals surface area contributed by atoms with Gasteiger partial charge >= 0.3 is 5.97 Å². The SMILES string of the molecule is CCN(C)CCNC(C)c1ccc(C(=O)OC)o1. The molecule has 0 saturated carbocycles. The van der Waals surface area contributed by atoms with Crippen molar-refractivity contribution in [1.29, 1.82) is 0 Å². The van der Waals surface area contributed by atoms with Crippen molar-refractivity contribution in [1.82, 2.24) is 10.2 Å². The first-order valence-corrected chi connectivity index (χ1v) is 6.18. The summed E-state index contributed by atoms with van der Waals surface area (Å²) in [6, 6.07) is 3.51. The number of esters is 1. The van der Waals surface area contributed by atoms with Crippen molar-refractivity contribution in [3.05, 3.63) is 23.7 Å². The Morgan fingerprint density at radius 3 is 2.89 bits per heavy atom. The Morgan fingerprint density at radius 1 is 1.56 bits per heavy atom. The molecule has 1 aromatic heterocycles. The maximum atomic E-state index is 11.2. The van der Waals surface area contributed by atoms with Gasteiger partial charge < -0.3 is 19.4 Å². The Hall–Kier alpha value is -1.33. The van der Waals surface area contributed by atoms with Gasteiger partial charge in [0, 0.05) is 13.1 Å². The van der Waals surface area contributed by atoms with Crippen LogP contribution in [0.3, 0.4) is 0 Å². The number of likely N-dealkylation sites (N-methyl/N-ethyl adjacent to an activating group) is 1. The highest BCUT2D eigenvalue weighted by Crippen LogP contribution is 2.16. The lowest BCUT2D eigenvalue weighted by Crippen LogP contribution is -2.30. The van der Waals surface area contributed by atoms with E-state index in [4.69, 9.17) is 4.42 Å². The number of carbonyl (C=O) groups excluding carboxylic acids is 1. The standard InChI is InChI=1S/C13H22N2O3/c1-5-15(3)9-8-14-10(2)11-6-7-12(18-11)13(16)17-4/h6-7,10,14H,5,8-9H2,1-4H3. The van der Waals surface area contributed by atoms with Crippen LogP contribution in [0, 0.1) is 0 Å². The minimum Gasteiger partial charge on any atom is -0.463 e. The molecule has 0 bridgehead atoms. The molecular formula is C13H22N2O3. The van der Waals surface area contributed by atoms with Crippen LogP contribution >= 0.6 is 0 Å². The van der Waals surface area contributed by atoms with Gasteiger partial charge in [0.05, 0.1) is 13.2 Å². The van der Waals surface area contributed by atoms with Gasteiger partial charge in [-0.3, -0.25) is 0 Å². The first-order chi connectivity index (χ1) is 8.58. The van der Waals surface area contributed by atoms with Crippen LogP contribution in [0.5, 0.6) is 0 Å². The van der Waals surface area contributed by atoms with E-state index in [2.05, 4.69) is 28.9 Å². The molecule has 1 rings (SSSR count). The van der Waals surface area contributed by atoms with E-state index in [1.807, 2.05) is 6.92 Å². The number of furan rings is 1. The average Bonchev–Trinajstić information content (AvgIpc) is 2.87. The van der Waals surface area contributed by atoms with Crippen LogP contribution in [0.25, 0.3) is 0 Å². The molecule has 0 fully saturated rings. The average molecular weight is 254 g/mol. The minimum absolute atomic E-state index is 0.0775. The van der Waals surface area contributed by atoms with Gasteiger partial charge in [0.25, 0.3) is 0 Å². The topological polar surface area (TPSA) is 54.7 Å². The molecule has 1 atom stereocenters. The summed E-state index contributed by atoms with van der Waals surface area (Å²) in [5.74, 6) is 0.542. The second kappa shape index (κ2) is 7.18. The molecule has 0 aliphatic carbocycles. The Morgan fingerprint density at radius 2 is 2.28 bits per heavy atom. The van der Waals surface area contributed by atoms with Crippen LogP contribution in [0.15, 0.2) is 16.5 Å². The Labute approximate surface area is 108 Å². The molecule has 1 heterocycles. The van der Waals surface area contributed by atoms with Crippen molar-refractivity contribution in [3.8, 4) is 0 Å². The molecule has 1 aromatic rings. The highest BCUT2D eigenvalue weighted by Gasteiger charge is 2.14. The summed E-state index contributed by atoms with van der Waals surface area (Å²) in [7, 11) is 3.42. The predicted molar refractivity (Wildman–Crippen MR) is 69.6 cm³/mol. The van der Waals surface area contributed by atoms with Crippen LogP contribution in [0.2, 0.25) is 0 Å². The molecule has 0 aliphatic rings. The molecule has 0 saturated heterocycles. The summed E-state index contributed by atoms with van der Waals surface area (Å²) in [6.07, 6.45) is 0.